The van der Waals surface area contributed by atoms with E-state index in [0.717, 1.165) is 0 Å². The summed E-state index contributed by atoms with van der Waals surface area (Å²) in [5, 5.41) is 27.9. The van der Waals surface area contributed by atoms with Gasteiger partial charge in [-0.15, -0.1) is 0 Å². The summed E-state index contributed by atoms with van der Waals surface area (Å²) in [5.74, 6) is 0. The molecule has 0 aliphatic carbocycles. The fourth-order valence-corrected chi connectivity index (χ4v) is 1.29. The van der Waals surface area contributed by atoms with Crippen LogP contribution in [-0.2, 0) is 4.74 Å². The van der Waals surface area contributed by atoms with Crippen molar-refractivity contribution in [2.45, 2.75) is 37.2 Å². The molecular formula is C7H13BO4. The van der Waals surface area contributed by atoms with Crippen LogP contribution in [0.25, 0.3) is 0 Å². The van der Waals surface area contributed by atoms with Crippen molar-refractivity contribution >= 4 is 7.85 Å². The van der Waals surface area contributed by atoms with E-state index in [9.17, 15) is 10.2 Å². The highest BCUT2D eigenvalue weighted by Gasteiger charge is 2.56. The number of aliphatic hydroxyl groups excluding tert-OH is 2. The smallest absolute Gasteiger partial charge is 0.117 e. The maximum atomic E-state index is 9.68. The summed E-state index contributed by atoms with van der Waals surface area (Å²) < 4.78 is 5.05. The van der Waals surface area contributed by atoms with Gasteiger partial charge in [-0.2, -0.15) is 0 Å². The predicted octanol–water partition coefficient (Wildman–Crippen LogP) is -1.63. The first kappa shape index (κ1) is 9.99. The van der Waals surface area contributed by atoms with Crippen LogP contribution >= 0.6 is 0 Å². The zero-order valence-corrected chi connectivity index (χ0v) is 7.19. The Morgan fingerprint density at radius 3 is 2.17 bits per heavy atom. The molecule has 1 aliphatic heterocycles. The molecule has 0 aromatic carbocycles. The summed E-state index contributed by atoms with van der Waals surface area (Å²) in [4.78, 5) is 0. The van der Waals surface area contributed by atoms with E-state index >= 15 is 0 Å². The molecule has 2 radical (unpaired) electrons. The zero-order valence-electron chi connectivity index (χ0n) is 7.19. The quantitative estimate of drug-likeness (QED) is 0.415. The van der Waals surface area contributed by atoms with Gasteiger partial charge in [-0.3, -0.25) is 0 Å². The van der Waals surface area contributed by atoms with E-state index in [1.807, 2.05) is 0 Å². The van der Waals surface area contributed by atoms with Gasteiger partial charge < -0.3 is 20.1 Å². The van der Waals surface area contributed by atoms with Crippen molar-refractivity contribution in [1.29, 1.82) is 0 Å². The van der Waals surface area contributed by atoms with Crippen LogP contribution < -0.4 is 0 Å². The van der Waals surface area contributed by atoms with E-state index in [4.69, 9.17) is 17.7 Å². The van der Waals surface area contributed by atoms with Gasteiger partial charge in [-0.05, 0) is 13.8 Å². The Bertz CT molecular complexity index is 180. The topological polar surface area (TPSA) is 69.9 Å². The third kappa shape index (κ3) is 1.17. The Kier molecular flexibility index (Phi) is 2.25. The third-order valence-corrected chi connectivity index (χ3v) is 2.51. The molecule has 1 rings (SSSR count). The molecule has 0 saturated carbocycles. The Labute approximate surface area is 72.6 Å². The summed E-state index contributed by atoms with van der Waals surface area (Å²) in [7, 11) is 5.57. The summed E-state index contributed by atoms with van der Waals surface area (Å²) >= 11 is 0. The number of hydrogen-bond acceptors (Lipinski definition) is 4. The summed E-state index contributed by atoms with van der Waals surface area (Å²) in [6, 6.07) is 0. The molecule has 1 fully saturated rings. The molecule has 12 heavy (non-hydrogen) atoms. The van der Waals surface area contributed by atoms with Crippen molar-refractivity contribution in [3.63, 3.8) is 0 Å². The first-order valence-corrected chi connectivity index (χ1v) is 3.81. The minimum atomic E-state index is -1.53. The van der Waals surface area contributed by atoms with Gasteiger partial charge in [0.25, 0.3) is 0 Å². The highest BCUT2D eigenvalue weighted by Crippen LogP contribution is 2.36. The van der Waals surface area contributed by atoms with Crippen LogP contribution in [0, 0.1) is 0 Å². The highest BCUT2D eigenvalue weighted by molar-refractivity contribution is 6.15. The number of aliphatic hydroxyl groups is 3. The van der Waals surface area contributed by atoms with Gasteiger partial charge in [0.15, 0.2) is 0 Å². The fourth-order valence-electron chi connectivity index (χ4n) is 1.29. The number of ether oxygens (including phenoxy) is 1. The van der Waals surface area contributed by atoms with Crippen LogP contribution in [0.1, 0.15) is 13.8 Å². The van der Waals surface area contributed by atoms with Crippen LogP contribution in [0.15, 0.2) is 0 Å². The van der Waals surface area contributed by atoms with Gasteiger partial charge in [-0.25, -0.2) is 0 Å². The SMILES string of the molecule is [B][C@]1(C)O[C@H](CO)[C@@H](O)[C@@]1(C)O. The molecule has 0 spiro atoms. The molecular weight excluding hydrogens is 159 g/mol. The van der Waals surface area contributed by atoms with E-state index in [2.05, 4.69) is 0 Å². The lowest BCUT2D eigenvalue weighted by Gasteiger charge is -2.33. The monoisotopic (exact) mass is 172 g/mol. The van der Waals surface area contributed by atoms with E-state index in [-0.39, 0.29) is 6.61 Å². The van der Waals surface area contributed by atoms with E-state index in [0.29, 0.717) is 0 Å². The minimum absolute atomic E-state index is 0.357. The first-order chi connectivity index (χ1) is 5.33. The molecule has 1 aliphatic rings. The lowest BCUT2D eigenvalue weighted by Crippen LogP contribution is -2.52. The Morgan fingerprint density at radius 2 is 2.00 bits per heavy atom. The molecule has 0 bridgehead atoms. The molecule has 1 saturated heterocycles. The van der Waals surface area contributed by atoms with Crippen molar-refractivity contribution in [3.05, 3.63) is 0 Å². The van der Waals surface area contributed by atoms with Crippen molar-refractivity contribution in [2.24, 2.45) is 0 Å². The average molecular weight is 172 g/mol. The molecule has 4 nitrogen and oxygen atoms in total. The average Bonchev–Trinajstić information content (AvgIpc) is 2.11. The van der Waals surface area contributed by atoms with Crippen LogP contribution in [-0.4, -0.2) is 53.1 Å². The van der Waals surface area contributed by atoms with Gasteiger partial charge >= 0.3 is 0 Å². The second kappa shape index (κ2) is 2.70. The summed E-state index contributed by atoms with van der Waals surface area (Å²) in [6.45, 7) is 2.49. The summed E-state index contributed by atoms with van der Waals surface area (Å²) in [5.41, 5.74) is -2.85. The normalized spacial score (nSPS) is 54.4. The molecule has 5 heteroatoms. The largest absolute Gasteiger partial charge is 0.394 e. The third-order valence-electron chi connectivity index (χ3n) is 2.51. The molecule has 0 amide bonds. The maximum Gasteiger partial charge on any atom is 0.117 e. The van der Waals surface area contributed by atoms with Crippen LogP contribution in [0.2, 0.25) is 0 Å². The van der Waals surface area contributed by atoms with Crippen molar-refractivity contribution in [3.8, 4) is 0 Å². The number of rotatable bonds is 1. The predicted molar refractivity (Wildman–Crippen MR) is 42.7 cm³/mol. The fraction of sp³-hybridized carbons (Fsp3) is 1.00. The standard InChI is InChI=1S/C7H13BO4/c1-6(11)5(10)4(3-9)12-7(6,2)8/h4-5,9-11H,3H2,1-2H3/t4-,5-,6-,7-/m1/s1. The second-order valence-corrected chi connectivity index (χ2v) is 3.54. The van der Waals surface area contributed by atoms with Crippen LogP contribution in [0.4, 0.5) is 0 Å². The second-order valence-electron chi connectivity index (χ2n) is 3.54. The van der Waals surface area contributed by atoms with E-state index in [1.54, 1.807) is 0 Å². The molecule has 68 valence electrons. The van der Waals surface area contributed by atoms with Crippen LogP contribution in [0.5, 0.6) is 0 Å². The molecule has 0 unspecified atom stereocenters. The Balaban J connectivity index is 2.88. The van der Waals surface area contributed by atoms with Gasteiger partial charge in [0, 0.05) is 0 Å². The molecule has 0 aromatic heterocycles. The Hall–Kier alpha value is -0.0951. The molecule has 0 aromatic rings. The maximum absolute atomic E-state index is 9.68. The summed E-state index contributed by atoms with van der Waals surface area (Å²) in [6.07, 6.45) is -1.97. The lowest BCUT2D eigenvalue weighted by molar-refractivity contribution is -0.0768. The van der Waals surface area contributed by atoms with Gasteiger partial charge in [-0.1, -0.05) is 0 Å². The van der Waals surface area contributed by atoms with Gasteiger partial charge in [0.2, 0.25) is 0 Å². The highest BCUT2D eigenvalue weighted by atomic mass is 16.6. The van der Waals surface area contributed by atoms with Crippen molar-refractivity contribution in [2.75, 3.05) is 6.61 Å². The van der Waals surface area contributed by atoms with Crippen LogP contribution in [0.3, 0.4) is 0 Å². The zero-order chi connectivity index (χ0) is 9.57. The Morgan fingerprint density at radius 1 is 1.50 bits per heavy atom. The van der Waals surface area contributed by atoms with E-state index in [1.165, 1.54) is 13.8 Å². The van der Waals surface area contributed by atoms with Gasteiger partial charge in [0.1, 0.15) is 25.7 Å². The van der Waals surface area contributed by atoms with E-state index < -0.39 is 23.3 Å². The minimum Gasteiger partial charge on any atom is -0.394 e. The molecule has 1 heterocycles. The molecule has 4 atom stereocenters. The van der Waals surface area contributed by atoms with Gasteiger partial charge in [0.05, 0.1) is 12.1 Å². The van der Waals surface area contributed by atoms with Crippen molar-refractivity contribution in [1.82, 2.24) is 0 Å². The number of hydrogen-bond donors (Lipinski definition) is 3. The first-order valence-electron chi connectivity index (χ1n) is 3.81. The lowest BCUT2D eigenvalue weighted by atomic mass is 9.70. The van der Waals surface area contributed by atoms with Crippen molar-refractivity contribution < 1.29 is 20.1 Å². The molecule has 3 N–H and O–H groups in total.